The molecule has 0 aromatic carbocycles. The topological polar surface area (TPSA) is 3.24 Å². The van der Waals surface area contributed by atoms with Crippen LogP contribution in [0.15, 0.2) is 0 Å². The van der Waals surface area contributed by atoms with Crippen molar-refractivity contribution < 1.29 is 0 Å². The smallest absolute Gasteiger partial charge is 0.00386 e. The van der Waals surface area contributed by atoms with Gasteiger partial charge in [-0.25, -0.2) is 0 Å². The van der Waals surface area contributed by atoms with E-state index in [2.05, 4.69) is 18.7 Å². The Morgan fingerprint density at radius 3 is 2.42 bits per heavy atom. The first-order valence-corrected chi connectivity index (χ1v) is 5.43. The predicted molar refractivity (Wildman–Crippen MR) is 52.2 cm³/mol. The number of hydrogen-bond acceptors (Lipinski definition) is 1. The summed E-state index contributed by atoms with van der Waals surface area (Å²) >= 11 is 0. The molecule has 1 spiro atoms. The zero-order valence-electron chi connectivity index (χ0n) is 8.47. The molecule has 2 fully saturated rings. The molecule has 1 heterocycles. The molecule has 0 radical (unpaired) electrons. The minimum absolute atomic E-state index is 0.800. The van der Waals surface area contributed by atoms with E-state index in [0.29, 0.717) is 0 Å². The Balaban J connectivity index is 1.81. The third kappa shape index (κ3) is 1.52. The fourth-order valence-electron chi connectivity index (χ4n) is 2.78. The van der Waals surface area contributed by atoms with E-state index in [1.807, 2.05) is 0 Å². The first-order chi connectivity index (χ1) is 5.70. The maximum Gasteiger partial charge on any atom is 0.00386 e. The number of nitrogens with zero attached hydrogens (tertiary/aromatic N) is 1. The molecule has 1 aliphatic carbocycles. The first-order valence-electron chi connectivity index (χ1n) is 5.43. The van der Waals surface area contributed by atoms with Crippen LogP contribution in [0.5, 0.6) is 0 Å². The van der Waals surface area contributed by atoms with Gasteiger partial charge in [0.2, 0.25) is 0 Å². The first kappa shape index (κ1) is 8.55. The highest BCUT2D eigenvalue weighted by Crippen LogP contribution is 2.47. The minimum Gasteiger partial charge on any atom is -0.303 e. The standard InChI is InChI=1S/C11H21N/c1-10(2)8-12-7-6-11(9-12)4-3-5-11/h10H,3-9H2,1-2H3. The summed E-state index contributed by atoms with van der Waals surface area (Å²) in [6.07, 6.45) is 6.01. The van der Waals surface area contributed by atoms with E-state index >= 15 is 0 Å². The van der Waals surface area contributed by atoms with Crippen LogP contribution in [0, 0.1) is 11.3 Å². The second-order valence-electron chi connectivity index (χ2n) is 5.23. The van der Waals surface area contributed by atoms with Gasteiger partial charge in [0.25, 0.3) is 0 Å². The Morgan fingerprint density at radius 1 is 1.25 bits per heavy atom. The van der Waals surface area contributed by atoms with E-state index in [9.17, 15) is 0 Å². The Labute approximate surface area is 76.1 Å². The van der Waals surface area contributed by atoms with Crippen molar-refractivity contribution in [2.45, 2.75) is 39.5 Å². The van der Waals surface area contributed by atoms with Crippen molar-refractivity contribution in [2.75, 3.05) is 19.6 Å². The van der Waals surface area contributed by atoms with Gasteiger partial charge in [0.05, 0.1) is 0 Å². The van der Waals surface area contributed by atoms with Crippen molar-refractivity contribution in [2.24, 2.45) is 11.3 Å². The van der Waals surface area contributed by atoms with E-state index in [-0.39, 0.29) is 0 Å². The lowest BCUT2D eigenvalue weighted by Crippen LogP contribution is -2.34. The van der Waals surface area contributed by atoms with Crippen molar-refractivity contribution in [3.63, 3.8) is 0 Å². The van der Waals surface area contributed by atoms with Crippen molar-refractivity contribution in [3.8, 4) is 0 Å². The maximum atomic E-state index is 2.67. The molecule has 2 rings (SSSR count). The van der Waals surface area contributed by atoms with Crippen molar-refractivity contribution in [3.05, 3.63) is 0 Å². The molecule has 0 N–H and O–H groups in total. The Hall–Kier alpha value is -0.0400. The molecule has 1 nitrogen and oxygen atoms in total. The molecular formula is C11H21N. The zero-order valence-corrected chi connectivity index (χ0v) is 8.47. The minimum atomic E-state index is 0.800. The van der Waals surface area contributed by atoms with Crippen LogP contribution in [0.2, 0.25) is 0 Å². The van der Waals surface area contributed by atoms with Gasteiger partial charge >= 0.3 is 0 Å². The Bertz CT molecular complexity index is 158. The molecule has 0 atom stereocenters. The van der Waals surface area contributed by atoms with E-state index in [1.54, 1.807) is 0 Å². The summed E-state index contributed by atoms with van der Waals surface area (Å²) < 4.78 is 0. The summed E-state index contributed by atoms with van der Waals surface area (Å²) in [5.74, 6) is 0.847. The highest BCUT2D eigenvalue weighted by atomic mass is 15.2. The van der Waals surface area contributed by atoms with E-state index < -0.39 is 0 Å². The summed E-state index contributed by atoms with van der Waals surface area (Å²) in [6, 6.07) is 0. The molecule has 0 amide bonds. The van der Waals surface area contributed by atoms with Crippen molar-refractivity contribution >= 4 is 0 Å². The third-order valence-corrected chi connectivity index (χ3v) is 3.55. The van der Waals surface area contributed by atoms with E-state index in [1.165, 1.54) is 45.3 Å². The highest BCUT2D eigenvalue weighted by Gasteiger charge is 2.42. The lowest BCUT2D eigenvalue weighted by Gasteiger charge is -2.38. The number of likely N-dealkylation sites (tertiary alicyclic amines) is 1. The number of hydrogen-bond donors (Lipinski definition) is 0. The van der Waals surface area contributed by atoms with Gasteiger partial charge in [0, 0.05) is 13.1 Å². The van der Waals surface area contributed by atoms with Crippen LogP contribution >= 0.6 is 0 Å². The fraction of sp³-hybridized carbons (Fsp3) is 1.00. The molecule has 0 aromatic rings. The average Bonchev–Trinajstić information content (AvgIpc) is 2.29. The van der Waals surface area contributed by atoms with E-state index in [4.69, 9.17) is 0 Å². The lowest BCUT2D eigenvalue weighted by molar-refractivity contribution is 0.135. The van der Waals surface area contributed by atoms with Gasteiger partial charge in [-0.05, 0) is 37.1 Å². The normalized spacial score (nSPS) is 28.2. The van der Waals surface area contributed by atoms with Gasteiger partial charge in [-0.2, -0.15) is 0 Å². The molecule has 0 aromatic heterocycles. The van der Waals surface area contributed by atoms with Gasteiger partial charge in [-0.15, -0.1) is 0 Å². The van der Waals surface area contributed by atoms with Crippen LogP contribution in [-0.4, -0.2) is 24.5 Å². The van der Waals surface area contributed by atoms with Crippen LogP contribution < -0.4 is 0 Å². The van der Waals surface area contributed by atoms with Crippen LogP contribution in [-0.2, 0) is 0 Å². The molecule has 12 heavy (non-hydrogen) atoms. The Morgan fingerprint density at radius 2 is 2.00 bits per heavy atom. The molecule has 1 saturated carbocycles. The van der Waals surface area contributed by atoms with Gasteiger partial charge in [-0.1, -0.05) is 20.3 Å². The Kier molecular flexibility index (Phi) is 2.16. The summed E-state index contributed by atoms with van der Waals surface area (Å²) in [5, 5.41) is 0. The highest BCUT2D eigenvalue weighted by molar-refractivity contribution is 4.95. The third-order valence-electron chi connectivity index (χ3n) is 3.55. The maximum absolute atomic E-state index is 2.67. The van der Waals surface area contributed by atoms with Crippen LogP contribution in [0.25, 0.3) is 0 Å². The molecular weight excluding hydrogens is 146 g/mol. The summed E-state index contributed by atoms with van der Waals surface area (Å²) in [6.45, 7) is 8.75. The predicted octanol–water partition coefficient (Wildman–Crippen LogP) is 2.52. The van der Waals surface area contributed by atoms with Gasteiger partial charge in [-0.3, -0.25) is 0 Å². The summed E-state index contributed by atoms with van der Waals surface area (Å²) in [5.41, 5.74) is 0.800. The van der Waals surface area contributed by atoms with Gasteiger partial charge in [0.1, 0.15) is 0 Å². The average molecular weight is 167 g/mol. The largest absolute Gasteiger partial charge is 0.303 e. The summed E-state index contributed by atoms with van der Waals surface area (Å²) in [4.78, 5) is 2.67. The second-order valence-corrected chi connectivity index (χ2v) is 5.23. The molecule has 0 bridgehead atoms. The quantitative estimate of drug-likeness (QED) is 0.611. The zero-order chi connectivity index (χ0) is 8.60. The van der Waals surface area contributed by atoms with E-state index in [0.717, 1.165) is 11.3 Å². The molecule has 2 aliphatic rings. The second kappa shape index (κ2) is 3.02. The molecule has 70 valence electrons. The fourth-order valence-corrected chi connectivity index (χ4v) is 2.78. The lowest BCUT2D eigenvalue weighted by atomic mass is 9.68. The van der Waals surface area contributed by atoms with Crippen LogP contribution in [0.3, 0.4) is 0 Å². The van der Waals surface area contributed by atoms with Crippen LogP contribution in [0.1, 0.15) is 39.5 Å². The van der Waals surface area contributed by atoms with Crippen molar-refractivity contribution in [1.29, 1.82) is 0 Å². The molecule has 1 saturated heterocycles. The monoisotopic (exact) mass is 167 g/mol. The van der Waals surface area contributed by atoms with Gasteiger partial charge in [0.15, 0.2) is 0 Å². The number of rotatable bonds is 2. The van der Waals surface area contributed by atoms with Gasteiger partial charge < -0.3 is 4.90 Å². The van der Waals surface area contributed by atoms with Crippen molar-refractivity contribution in [1.82, 2.24) is 4.90 Å². The SMILES string of the molecule is CC(C)CN1CCC2(CCC2)C1. The molecule has 0 unspecified atom stereocenters. The van der Waals surface area contributed by atoms with Crippen LogP contribution in [0.4, 0.5) is 0 Å². The molecule has 1 heteroatoms. The molecule has 1 aliphatic heterocycles. The summed E-state index contributed by atoms with van der Waals surface area (Å²) in [7, 11) is 0.